The standard InChI is InChI=1S/C21H18N2/c1-14-5-3-6-16(15(14)2)9-10-17-7-4-8-19-20(17)11-18(12-22)21(19)13-23/h3-8H,9-11H2,1-2H3. The van der Waals surface area contributed by atoms with E-state index in [1.165, 1.54) is 22.3 Å². The average Bonchev–Trinajstić information content (AvgIpc) is 2.94. The molecule has 2 heteroatoms. The first kappa shape index (κ1) is 15.1. The van der Waals surface area contributed by atoms with Crippen LogP contribution in [0, 0.1) is 36.5 Å². The van der Waals surface area contributed by atoms with Crippen LogP contribution in [-0.4, -0.2) is 0 Å². The number of aryl methyl sites for hydroxylation is 3. The van der Waals surface area contributed by atoms with Crippen LogP contribution < -0.4 is 0 Å². The van der Waals surface area contributed by atoms with E-state index in [9.17, 15) is 10.5 Å². The van der Waals surface area contributed by atoms with Crippen LogP contribution in [0.25, 0.3) is 5.57 Å². The summed E-state index contributed by atoms with van der Waals surface area (Å²) in [5, 5.41) is 18.6. The van der Waals surface area contributed by atoms with Gasteiger partial charge in [0, 0.05) is 6.42 Å². The van der Waals surface area contributed by atoms with Crippen LogP contribution in [0.2, 0.25) is 0 Å². The van der Waals surface area contributed by atoms with Gasteiger partial charge in [0.2, 0.25) is 0 Å². The second-order valence-electron chi connectivity index (χ2n) is 6.06. The molecule has 2 nitrogen and oxygen atoms in total. The molecule has 1 aliphatic rings. The molecule has 0 aromatic heterocycles. The molecular weight excluding hydrogens is 280 g/mol. The third-order valence-electron chi connectivity index (χ3n) is 4.82. The zero-order valence-electron chi connectivity index (χ0n) is 13.5. The van der Waals surface area contributed by atoms with Crippen molar-refractivity contribution in [2.75, 3.05) is 0 Å². The molecule has 0 amide bonds. The largest absolute Gasteiger partial charge is 0.193 e. The van der Waals surface area contributed by atoms with Crippen LogP contribution in [0.4, 0.5) is 0 Å². The average molecular weight is 298 g/mol. The molecule has 2 aromatic rings. The Hall–Kier alpha value is -2.84. The first-order valence-electron chi connectivity index (χ1n) is 7.85. The minimum absolute atomic E-state index is 0.552. The van der Waals surface area contributed by atoms with E-state index in [1.807, 2.05) is 12.1 Å². The van der Waals surface area contributed by atoms with Gasteiger partial charge in [-0.2, -0.15) is 10.5 Å². The van der Waals surface area contributed by atoms with Gasteiger partial charge in [-0.15, -0.1) is 0 Å². The van der Waals surface area contributed by atoms with Crippen molar-refractivity contribution in [1.29, 1.82) is 10.5 Å². The van der Waals surface area contributed by atoms with Gasteiger partial charge in [-0.3, -0.25) is 0 Å². The number of hydrogen-bond donors (Lipinski definition) is 0. The molecule has 0 spiro atoms. The number of fused-ring (bicyclic) bond motifs is 1. The third-order valence-corrected chi connectivity index (χ3v) is 4.82. The zero-order chi connectivity index (χ0) is 16.4. The summed E-state index contributed by atoms with van der Waals surface area (Å²) in [6.45, 7) is 4.31. The smallest absolute Gasteiger partial charge is 0.101 e. The fourth-order valence-electron chi connectivity index (χ4n) is 3.31. The Labute approximate surface area is 137 Å². The van der Waals surface area contributed by atoms with Crippen molar-refractivity contribution >= 4 is 5.57 Å². The van der Waals surface area contributed by atoms with Gasteiger partial charge in [0.05, 0.1) is 17.2 Å². The van der Waals surface area contributed by atoms with E-state index in [0.29, 0.717) is 17.6 Å². The molecule has 23 heavy (non-hydrogen) atoms. The Balaban J connectivity index is 1.89. The van der Waals surface area contributed by atoms with Gasteiger partial charge < -0.3 is 0 Å². The summed E-state index contributed by atoms with van der Waals surface area (Å²) in [5.74, 6) is 0. The van der Waals surface area contributed by atoms with Gasteiger partial charge in [-0.25, -0.2) is 0 Å². The van der Waals surface area contributed by atoms with Crippen molar-refractivity contribution in [3.63, 3.8) is 0 Å². The molecule has 1 aliphatic carbocycles. The molecule has 2 aromatic carbocycles. The molecule has 0 saturated heterocycles. The van der Waals surface area contributed by atoms with Crippen molar-refractivity contribution in [3.8, 4) is 12.1 Å². The fraction of sp³-hybridized carbons (Fsp3) is 0.238. The van der Waals surface area contributed by atoms with Gasteiger partial charge in [-0.1, -0.05) is 36.4 Å². The van der Waals surface area contributed by atoms with E-state index in [-0.39, 0.29) is 0 Å². The third kappa shape index (κ3) is 2.65. The summed E-state index contributed by atoms with van der Waals surface area (Å²) in [4.78, 5) is 0. The van der Waals surface area contributed by atoms with E-state index >= 15 is 0 Å². The van der Waals surface area contributed by atoms with Crippen molar-refractivity contribution < 1.29 is 0 Å². The molecule has 0 unspecified atom stereocenters. The normalized spacial score (nSPS) is 12.7. The number of hydrogen-bond acceptors (Lipinski definition) is 2. The topological polar surface area (TPSA) is 47.6 Å². The lowest BCUT2D eigenvalue weighted by Crippen LogP contribution is -2.00. The Morgan fingerprint density at radius 2 is 1.61 bits per heavy atom. The van der Waals surface area contributed by atoms with Crippen molar-refractivity contribution in [3.05, 3.63) is 75.4 Å². The van der Waals surface area contributed by atoms with E-state index < -0.39 is 0 Å². The van der Waals surface area contributed by atoms with Gasteiger partial charge in [0.15, 0.2) is 0 Å². The number of rotatable bonds is 3. The number of allylic oxidation sites excluding steroid dienone is 2. The highest BCUT2D eigenvalue weighted by atomic mass is 14.3. The predicted octanol–water partition coefficient (Wildman–Crippen LogP) is 4.45. The highest BCUT2D eigenvalue weighted by Crippen LogP contribution is 2.34. The first-order valence-corrected chi connectivity index (χ1v) is 7.85. The minimum atomic E-state index is 0.552. The molecule has 0 heterocycles. The van der Waals surface area contributed by atoms with Crippen LogP contribution in [0.5, 0.6) is 0 Å². The molecule has 0 bridgehead atoms. The van der Waals surface area contributed by atoms with Crippen LogP contribution in [0.1, 0.15) is 33.4 Å². The molecule has 0 saturated carbocycles. The molecule has 0 atom stereocenters. The lowest BCUT2D eigenvalue weighted by Gasteiger charge is -2.11. The summed E-state index contributed by atoms with van der Waals surface area (Å²) < 4.78 is 0. The van der Waals surface area contributed by atoms with Crippen LogP contribution in [-0.2, 0) is 19.3 Å². The number of nitrogens with zero attached hydrogens (tertiary/aromatic N) is 2. The van der Waals surface area contributed by atoms with Gasteiger partial charge in [0.1, 0.15) is 6.07 Å². The van der Waals surface area contributed by atoms with Gasteiger partial charge in [-0.05, 0) is 60.1 Å². The van der Waals surface area contributed by atoms with Crippen molar-refractivity contribution in [2.24, 2.45) is 0 Å². The van der Waals surface area contributed by atoms with E-state index in [2.05, 4.69) is 50.3 Å². The Morgan fingerprint density at radius 1 is 0.913 bits per heavy atom. The van der Waals surface area contributed by atoms with Crippen LogP contribution in [0.15, 0.2) is 42.0 Å². The summed E-state index contributed by atoms with van der Waals surface area (Å²) in [7, 11) is 0. The molecule has 0 radical (unpaired) electrons. The highest BCUT2D eigenvalue weighted by Gasteiger charge is 2.23. The van der Waals surface area contributed by atoms with Gasteiger partial charge in [0.25, 0.3) is 0 Å². The summed E-state index contributed by atoms with van der Waals surface area (Å²) in [6, 6.07) is 16.9. The second-order valence-corrected chi connectivity index (χ2v) is 6.06. The Bertz CT molecular complexity index is 889. The summed E-state index contributed by atoms with van der Waals surface area (Å²) in [5.41, 5.74) is 8.55. The molecule has 0 N–H and O–H groups in total. The van der Waals surface area contributed by atoms with E-state index in [4.69, 9.17) is 0 Å². The maximum Gasteiger partial charge on any atom is 0.101 e. The zero-order valence-corrected chi connectivity index (χ0v) is 13.5. The maximum atomic E-state index is 9.32. The van der Waals surface area contributed by atoms with Crippen LogP contribution >= 0.6 is 0 Å². The van der Waals surface area contributed by atoms with E-state index in [1.54, 1.807) is 0 Å². The summed E-state index contributed by atoms with van der Waals surface area (Å²) >= 11 is 0. The Kier molecular flexibility index (Phi) is 4.00. The molecule has 3 rings (SSSR count). The maximum absolute atomic E-state index is 9.32. The summed E-state index contributed by atoms with van der Waals surface area (Å²) in [6.07, 6.45) is 2.51. The van der Waals surface area contributed by atoms with Crippen molar-refractivity contribution in [1.82, 2.24) is 0 Å². The molecular formula is C21H18N2. The molecule has 0 aliphatic heterocycles. The number of nitriles is 2. The first-order chi connectivity index (χ1) is 11.2. The Morgan fingerprint density at radius 3 is 2.35 bits per heavy atom. The lowest BCUT2D eigenvalue weighted by molar-refractivity contribution is 0.928. The van der Waals surface area contributed by atoms with E-state index in [0.717, 1.165) is 24.0 Å². The highest BCUT2D eigenvalue weighted by molar-refractivity contribution is 5.88. The fourth-order valence-corrected chi connectivity index (χ4v) is 3.31. The SMILES string of the molecule is Cc1cccc(CCc2cccc3c2CC(C#N)=C3C#N)c1C. The minimum Gasteiger partial charge on any atom is -0.193 e. The lowest BCUT2D eigenvalue weighted by atomic mass is 9.93. The predicted molar refractivity (Wildman–Crippen MR) is 91.6 cm³/mol. The quantitative estimate of drug-likeness (QED) is 0.840. The van der Waals surface area contributed by atoms with Crippen molar-refractivity contribution in [2.45, 2.75) is 33.1 Å². The molecule has 0 fully saturated rings. The van der Waals surface area contributed by atoms with Gasteiger partial charge >= 0.3 is 0 Å². The number of benzene rings is 2. The monoisotopic (exact) mass is 298 g/mol. The molecule has 112 valence electrons. The van der Waals surface area contributed by atoms with Crippen LogP contribution in [0.3, 0.4) is 0 Å². The second kappa shape index (κ2) is 6.11.